The number of halogens is 1. The van der Waals surface area contributed by atoms with Crippen molar-refractivity contribution in [2.75, 3.05) is 39.2 Å². The molecular formula is C25H32ClN3O2S. The van der Waals surface area contributed by atoms with Gasteiger partial charge in [-0.15, -0.1) is 12.4 Å². The first-order valence-corrected chi connectivity index (χ1v) is 11.8. The van der Waals surface area contributed by atoms with E-state index in [9.17, 15) is 4.79 Å². The van der Waals surface area contributed by atoms with E-state index >= 15 is 0 Å². The van der Waals surface area contributed by atoms with Gasteiger partial charge in [-0.25, -0.2) is 4.98 Å². The molecule has 1 aliphatic carbocycles. The van der Waals surface area contributed by atoms with Crippen molar-refractivity contribution in [3.8, 4) is 5.75 Å². The number of aromatic nitrogens is 1. The van der Waals surface area contributed by atoms with Crippen molar-refractivity contribution in [1.82, 2.24) is 9.88 Å². The van der Waals surface area contributed by atoms with Crippen molar-refractivity contribution >= 4 is 45.0 Å². The first-order valence-electron chi connectivity index (χ1n) is 11.0. The van der Waals surface area contributed by atoms with Crippen LogP contribution < -0.4 is 9.64 Å². The van der Waals surface area contributed by atoms with Crippen molar-refractivity contribution in [3.63, 3.8) is 0 Å². The maximum atomic E-state index is 13.7. The van der Waals surface area contributed by atoms with E-state index in [1.165, 1.54) is 24.0 Å². The van der Waals surface area contributed by atoms with Crippen LogP contribution in [0.3, 0.4) is 0 Å². The predicted octanol–water partition coefficient (Wildman–Crippen LogP) is 5.51. The number of methoxy groups -OCH3 is 1. The molecule has 5 nitrogen and oxygen atoms in total. The molecule has 2 aromatic carbocycles. The van der Waals surface area contributed by atoms with Gasteiger partial charge in [-0.2, -0.15) is 0 Å². The molecule has 0 aliphatic heterocycles. The number of nitrogens with zero attached hydrogens (tertiary/aromatic N) is 3. The number of ether oxygens (including phenoxy) is 1. The van der Waals surface area contributed by atoms with Gasteiger partial charge in [0.2, 0.25) is 0 Å². The molecule has 0 fully saturated rings. The van der Waals surface area contributed by atoms with Crippen LogP contribution in [0, 0.1) is 6.92 Å². The number of hydrogen-bond donors (Lipinski definition) is 0. The lowest BCUT2D eigenvalue weighted by atomic mass is 9.90. The number of thiazole rings is 1. The highest BCUT2D eigenvalue weighted by Gasteiger charge is 2.24. The van der Waals surface area contributed by atoms with Crippen LogP contribution in [-0.4, -0.2) is 50.1 Å². The highest BCUT2D eigenvalue weighted by atomic mass is 35.5. The number of anilines is 1. The van der Waals surface area contributed by atoms with Gasteiger partial charge in [0.15, 0.2) is 5.13 Å². The van der Waals surface area contributed by atoms with Gasteiger partial charge in [0, 0.05) is 12.1 Å². The number of fused-ring (bicyclic) bond motifs is 2. The van der Waals surface area contributed by atoms with Crippen LogP contribution in [-0.2, 0) is 12.8 Å². The van der Waals surface area contributed by atoms with Gasteiger partial charge in [-0.3, -0.25) is 9.69 Å². The Labute approximate surface area is 200 Å². The van der Waals surface area contributed by atoms with E-state index in [1.807, 2.05) is 23.1 Å². The predicted molar refractivity (Wildman–Crippen MR) is 136 cm³/mol. The van der Waals surface area contributed by atoms with Gasteiger partial charge < -0.3 is 9.64 Å². The SMILES string of the molecule is COc1ccc(C)c2sc(N(CCCN(C)C)C(=O)c3ccc4c(c3)CCCC4)nc12.Cl. The van der Waals surface area contributed by atoms with Gasteiger partial charge >= 0.3 is 0 Å². The second-order valence-corrected chi connectivity index (χ2v) is 9.54. The van der Waals surface area contributed by atoms with Crippen molar-refractivity contribution in [2.24, 2.45) is 0 Å². The molecule has 172 valence electrons. The molecule has 4 rings (SSSR count). The first kappa shape index (κ1) is 24.5. The molecule has 0 unspecified atom stereocenters. The maximum absolute atomic E-state index is 13.7. The van der Waals surface area contributed by atoms with E-state index in [0.717, 1.165) is 58.0 Å². The van der Waals surface area contributed by atoms with Crippen LogP contribution in [0.2, 0.25) is 0 Å². The Morgan fingerprint density at radius 1 is 1.09 bits per heavy atom. The normalized spacial score (nSPS) is 13.0. The molecule has 7 heteroatoms. The van der Waals surface area contributed by atoms with Gasteiger partial charge in [0.1, 0.15) is 11.3 Å². The third kappa shape index (κ3) is 5.08. The summed E-state index contributed by atoms with van der Waals surface area (Å²) in [6.45, 7) is 3.63. The Balaban J connectivity index is 0.00000289. The molecular weight excluding hydrogens is 442 g/mol. The molecule has 0 saturated heterocycles. The zero-order valence-electron chi connectivity index (χ0n) is 19.3. The molecule has 0 atom stereocenters. The lowest BCUT2D eigenvalue weighted by Crippen LogP contribution is -2.33. The molecule has 0 saturated carbocycles. The summed E-state index contributed by atoms with van der Waals surface area (Å²) in [4.78, 5) is 22.5. The van der Waals surface area contributed by atoms with Crippen LogP contribution in [0.15, 0.2) is 30.3 Å². The van der Waals surface area contributed by atoms with E-state index in [1.54, 1.807) is 18.4 Å². The fourth-order valence-electron chi connectivity index (χ4n) is 4.23. The Bertz CT molecular complexity index is 1100. The smallest absolute Gasteiger partial charge is 0.260 e. The lowest BCUT2D eigenvalue weighted by Gasteiger charge is -2.22. The van der Waals surface area contributed by atoms with Crippen LogP contribution in [0.1, 0.15) is 46.3 Å². The Kier molecular flexibility index (Phi) is 8.15. The van der Waals surface area contributed by atoms with E-state index in [0.29, 0.717) is 6.54 Å². The highest BCUT2D eigenvalue weighted by Crippen LogP contribution is 2.37. The summed E-state index contributed by atoms with van der Waals surface area (Å²) >= 11 is 1.57. The number of benzene rings is 2. The number of aryl methyl sites for hydroxylation is 3. The molecule has 3 aromatic rings. The molecule has 0 bridgehead atoms. The first-order chi connectivity index (χ1) is 15.0. The van der Waals surface area contributed by atoms with Crippen molar-refractivity contribution in [2.45, 2.75) is 39.0 Å². The standard InChI is InChI=1S/C25H31N3O2S.ClH/c1-17-10-13-21(30-4)22-23(17)31-25(26-22)28(15-7-14-27(2)3)24(29)20-12-11-18-8-5-6-9-19(18)16-20;/h10-13,16H,5-9,14-15H2,1-4H3;1H. The summed E-state index contributed by atoms with van der Waals surface area (Å²) in [6.07, 6.45) is 5.51. The summed E-state index contributed by atoms with van der Waals surface area (Å²) in [6, 6.07) is 10.2. The van der Waals surface area contributed by atoms with E-state index < -0.39 is 0 Å². The largest absolute Gasteiger partial charge is 0.494 e. The summed E-state index contributed by atoms with van der Waals surface area (Å²) in [5, 5.41) is 0.740. The minimum absolute atomic E-state index is 0. The molecule has 0 N–H and O–H groups in total. The molecule has 1 amide bonds. The van der Waals surface area contributed by atoms with Crippen LogP contribution in [0.25, 0.3) is 10.2 Å². The van der Waals surface area contributed by atoms with Gasteiger partial charge in [-0.1, -0.05) is 23.5 Å². The molecule has 1 heterocycles. The third-order valence-electron chi connectivity index (χ3n) is 5.97. The fourth-order valence-corrected chi connectivity index (χ4v) is 5.31. The third-order valence-corrected chi connectivity index (χ3v) is 7.18. The van der Waals surface area contributed by atoms with Crippen LogP contribution in [0.5, 0.6) is 5.75 Å². The Hall–Kier alpha value is -2.15. The second kappa shape index (κ2) is 10.6. The van der Waals surface area contributed by atoms with E-state index in [2.05, 4.69) is 38.1 Å². The lowest BCUT2D eigenvalue weighted by molar-refractivity contribution is 0.0986. The summed E-state index contributed by atoms with van der Waals surface area (Å²) < 4.78 is 6.60. The topological polar surface area (TPSA) is 45.7 Å². The molecule has 32 heavy (non-hydrogen) atoms. The Morgan fingerprint density at radius 3 is 2.56 bits per heavy atom. The number of amides is 1. The fraction of sp³-hybridized carbons (Fsp3) is 0.440. The highest BCUT2D eigenvalue weighted by molar-refractivity contribution is 7.22. The zero-order valence-corrected chi connectivity index (χ0v) is 20.9. The molecule has 1 aromatic heterocycles. The molecule has 0 spiro atoms. The van der Waals surface area contributed by atoms with Gasteiger partial charge in [-0.05, 0) is 94.6 Å². The van der Waals surface area contributed by atoms with Gasteiger partial charge in [0.25, 0.3) is 5.91 Å². The second-order valence-electron chi connectivity index (χ2n) is 8.56. The van der Waals surface area contributed by atoms with Crippen molar-refractivity contribution in [1.29, 1.82) is 0 Å². The quantitative estimate of drug-likeness (QED) is 0.453. The van der Waals surface area contributed by atoms with Crippen molar-refractivity contribution < 1.29 is 9.53 Å². The zero-order chi connectivity index (χ0) is 22.0. The van der Waals surface area contributed by atoms with E-state index in [4.69, 9.17) is 9.72 Å². The number of hydrogen-bond acceptors (Lipinski definition) is 5. The number of rotatable bonds is 7. The molecule has 0 radical (unpaired) electrons. The number of carbonyl (C=O) groups is 1. The molecule has 1 aliphatic rings. The van der Waals surface area contributed by atoms with E-state index in [-0.39, 0.29) is 18.3 Å². The van der Waals surface area contributed by atoms with Crippen LogP contribution in [0.4, 0.5) is 5.13 Å². The minimum atomic E-state index is 0. The Morgan fingerprint density at radius 2 is 1.84 bits per heavy atom. The van der Waals surface area contributed by atoms with Crippen molar-refractivity contribution in [3.05, 3.63) is 52.6 Å². The number of carbonyl (C=O) groups excluding carboxylic acids is 1. The average Bonchev–Trinajstić information content (AvgIpc) is 3.22. The minimum Gasteiger partial charge on any atom is -0.494 e. The van der Waals surface area contributed by atoms with Gasteiger partial charge in [0.05, 0.1) is 11.8 Å². The summed E-state index contributed by atoms with van der Waals surface area (Å²) in [7, 11) is 5.78. The summed E-state index contributed by atoms with van der Waals surface area (Å²) in [5.74, 6) is 0.778. The average molecular weight is 474 g/mol. The maximum Gasteiger partial charge on any atom is 0.260 e. The monoisotopic (exact) mass is 473 g/mol. The summed E-state index contributed by atoms with van der Waals surface area (Å²) in [5.41, 5.74) is 5.45. The van der Waals surface area contributed by atoms with Crippen LogP contribution >= 0.6 is 23.7 Å².